The van der Waals surface area contributed by atoms with Crippen LogP contribution in [0.5, 0.6) is 0 Å². The van der Waals surface area contributed by atoms with Crippen molar-refractivity contribution in [1.29, 1.82) is 0 Å². The number of carbonyl (C=O) groups excluding carboxylic acids is 3. The molecule has 0 radical (unpaired) electrons. The summed E-state index contributed by atoms with van der Waals surface area (Å²) in [5, 5.41) is 7.97. The van der Waals surface area contributed by atoms with Gasteiger partial charge in [-0.3, -0.25) is 9.69 Å². The number of hydrogen-bond donors (Lipinski definition) is 2. The highest BCUT2D eigenvalue weighted by Gasteiger charge is 2.36. The normalized spacial score (nSPS) is 16.3. The van der Waals surface area contributed by atoms with Crippen molar-refractivity contribution < 1.29 is 23.9 Å². The number of nitrogens with zero attached hydrogens (tertiary/aromatic N) is 3. The fourth-order valence-corrected chi connectivity index (χ4v) is 4.16. The first kappa shape index (κ1) is 25.3. The van der Waals surface area contributed by atoms with Crippen LogP contribution < -0.4 is 5.32 Å². The highest BCUT2D eigenvalue weighted by atomic mass is 16.6. The first-order valence-electron chi connectivity index (χ1n) is 12.0. The summed E-state index contributed by atoms with van der Waals surface area (Å²) in [5.74, 6) is -0.264. The molecular formula is C26H33N5O5. The van der Waals surface area contributed by atoms with Crippen molar-refractivity contribution in [3.05, 3.63) is 36.8 Å². The second kappa shape index (κ2) is 9.33. The maximum absolute atomic E-state index is 13.2. The van der Waals surface area contributed by atoms with Crippen LogP contribution in [-0.2, 0) is 14.3 Å². The average Bonchev–Trinajstić information content (AvgIpc) is 3.49. The molecule has 1 atom stereocenters. The minimum absolute atomic E-state index is 0.264. The Morgan fingerprint density at radius 1 is 1.06 bits per heavy atom. The van der Waals surface area contributed by atoms with Gasteiger partial charge in [-0.25, -0.2) is 9.59 Å². The molecule has 2 N–H and O–H groups in total. The number of hydrogen-bond acceptors (Lipinski definition) is 6. The van der Waals surface area contributed by atoms with Crippen LogP contribution in [0, 0.1) is 0 Å². The molecule has 2 aromatic heterocycles. The van der Waals surface area contributed by atoms with Gasteiger partial charge in [0.2, 0.25) is 5.91 Å². The van der Waals surface area contributed by atoms with Crippen LogP contribution in [0.4, 0.5) is 15.3 Å². The van der Waals surface area contributed by atoms with E-state index in [0.29, 0.717) is 18.7 Å². The van der Waals surface area contributed by atoms with Crippen LogP contribution in [0.3, 0.4) is 0 Å². The van der Waals surface area contributed by atoms with Gasteiger partial charge in [-0.2, -0.15) is 9.78 Å². The van der Waals surface area contributed by atoms with Gasteiger partial charge in [0.05, 0.1) is 17.4 Å². The number of rotatable bonds is 3. The Balaban J connectivity index is 1.54. The molecule has 10 nitrogen and oxygen atoms in total. The predicted molar refractivity (Wildman–Crippen MR) is 136 cm³/mol. The molecule has 1 fully saturated rings. The summed E-state index contributed by atoms with van der Waals surface area (Å²) in [4.78, 5) is 42.8. The third kappa shape index (κ3) is 5.53. The van der Waals surface area contributed by atoms with Crippen molar-refractivity contribution in [2.24, 2.45) is 0 Å². The molecule has 1 aliphatic heterocycles. The van der Waals surface area contributed by atoms with E-state index in [4.69, 9.17) is 9.47 Å². The number of fused-ring (bicyclic) bond motifs is 1. The number of anilines is 1. The highest BCUT2D eigenvalue weighted by Crippen LogP contribution is 2.33. The zero-order valence-corrected chi connectivity index (χ0v) is 21.5. The van der Waals surface area contributed by atoms with E-state index in [1.165, 1.54) is 4.90 Å². The van der Waals surface area contributed by atoms with Crippen molar-refractivity contribution in [2.45, 2.75) is 71.6 Å². The van der Waals surface area contributed by atoms with Gasteiger partial charge in [0.25, 0.3) is 0 Å². The molecule has 0 aliphatic carbocycles. The number of para-hydroxylation sites is 1. The number of ether oxygens (including phenoxy) is 2. The van der Waals surface area contributed by atoms with Crippen LogP contribution in [-0.4, -0.2) is 61.5 Å². The van der Waals surface area contributed by atoms with Crippen LogP contribution in [0.15, 0.2) is 36.8 Å². The molecule has 0 unspecified atom stereocenters. The summed E-state index contributed by atoms with van der Waals surface area (Å²) in [6.45, 7) is 11.3. The molecule has 0 saturated carbocycles. The Morgan fingerprint density at radius 3 is 2.44 bits per heavy atom. The van der Waals surface area contributed by atoms with Gasteiger partial charge < -0.3 is 19.8 Å². The van der Waals surface area contributed by atoms with Crippen molar-refractivity contribution in [3.8, 4) is 11.1 Å². The molecule has 4 rings (SSSR count). The number of aromatic nitrogens is 3. The van der Waals surface area contributed by atoms with Gasteiger partial charge in [-0.1, -0.05) is 12.1 Å². The van der Waals surface area contributed by atoms with Crippen molar-refractivity contribution >= 4 is 34.7 Å². The summed E-state index contributed by atoms with van der Waals surface area (Å²) >= 11 is 0. The largest absolute Gasteiger partial charge is 0.444 e. The number of amides is 2. The molecular weight excluding hydrogens is 462 g/mol. The second-order valence-electron chi connectivity index (χ2n) is 10.9. The summed E-state index contributed by atoms with van der Waals surface area (Å²) in [5.41, 5.74) is 1.61. The molecule has 1 aliphatic rings. The fourth-order valence-electron chi connectivity index (χ4n) is 4.16. The summed E-state index contributed by atoms with van der Waals surface area (Å²) in [7, 11) is 0. The zero-order valence-electron chi connectivity index (χ0n) is 21.5. The van der Waals surface area contributed by atoms with Crippen molar-refractivity contribution in [3.63, 3.8) is 0 Å². The van der Waals surface area contributed by atoms with Gasteiger partial charge >= 0.3 is 12.2 Å². The Kier molecular flexibility index (Phi) is 6.55. The standard InChI is InChI=1S/C26H33N5O5/c1-25(2,3)35-23(33)30-12-8-11-20(30)22(32)29-19-10-7-9-17-18(14-27-21(17)19)16-13-28-31(15-16)24(34)36-26(4,5)6/h7,9-10,13-15,20,27H,8,11-12H2,1-6H3,(H,29,32)/t20-/m0/s1. The Labute approximate surface area is 209 Å². The maximum Gasteiger partial charge on any atom is 0.435 e. The van der Waals surface area contributed by atoms with Crippen molar-refractivity contribution in [1.82, 2.24) is 19.7 Å². The summed E-state index contributed by atoms with van der Waals surface area (Å²) in [6, 6.07) is 4.96. The minimum Gasteiger partial charge on any atom is -0.444 e. The molecule has 3 aromatic rings. The third-order valence-electron chi connectivity index (χ3n) is 5.63. The quantitative estimate of drug-likeness (QED) is 0.519. The van der Waals surface area contributed by atoms with Crippen LogP contribution in [0.2, 0.25) is 0 Å². The number of H-pyrrole nitrogens is 1. The zero-order chi connectivity index (χ0) is 26.3. The topological polar surface area (TPSA) is 119 Å². The molecule has 192 valence electrons. The fraction of sp³-hybridized carbons (Fsp3) is 0.462. The molecule has 2 amide bonds. The lowest BCUT2D eigenvalue weighted by atomic mass is 10.1. The van der Waals surface area contributed by atoms with E-state index >= 15 is 0 Å². The summed E-state index contributed by atoms with van der Waals surface area (Å²) < 4.78 is 12.0. The average molecular weight is 496 g/mol. The Morgan fingerprint density at radius 2 is 1.75 bits per heavy atom. The van der Waals surface area contributed by atoms with E-state index in [-0.39, 0.29) is 5.91 Å². The molecule has 3 heterocycles. The van der Waals surface area contributed by atoms with E-state index in [1.54, 1.807) is 66.2 Å². The van der Waals surface area contributed by atoms with Crippen LogP contribution in [0.1, 0.15) is 54.4 Å². The van der Waals surface area contributed by atoms with Crippen LogP contribution in [0.25, 0.3) is 22.0 Å². The predicted octanol–water partition coefficient (Wildman–Crippen LogP) is 5.15. The van der Waals surface area contributed by atoms with E-state index < -0.39 is 29.4 Å². The number of likely N-dealkylation sites (tertiary alicyclic amines) is 1. The lowest BCUT2D eigenvalue weighted by Crippen LogP contribution is -2.45. The molecule has 10 heteroatoms. The van der Waals surface area contributed by atoms with E-state index in [0.717, 1.165) is 33.1 Å². The third-order valence-corrected chi connectivity index (χ3v) is 5.63. The van der Waals surface area contributed by atoms with E-state index in [1.807, 2.05) is 12.1 Å². The van der Waals surface area contributed by atoms with Gasteiger partial charge in [0.1, 0.15) is 17.2 Å². The number of benzene rings is 1. The van der Waals surface area contributed by atoms with Crippen molar-refractivity contribution in [2.75, 3.05) is 11.9 Å². The lowest BCUT2D eigenvalue weighted by molar-refractivity contribution is -0.120. The van der Waals surface area contributed by atoms with Gasteiger partial charge in [-0.05, 0) is 60.5 Å². The number of nitrogens with one attached hydrogen (secondary N) is 2. The molecule has 0 bridgehead atoms. The molecule has 36 heavy (non-hydrogen) atoms. The lowest BCUT2D eigenvalue weighted by Gasteiger charge is -2.28. The Bertz CT molecular complexity index is 1290. The number of aromatic amines is 1. The minimum atomic E-state index is -0.635. The first-order chi connectivity index (χ1) is 16.8. The smallest absolute Gasteiger partial charge is 0.435 e. The highest BCUT2D eigenvalue weighted by molar-refractivity contribution is 6.07. The SMILES string of the molecule is CC(C)(C)OC(=O)N1CCC[C@H]1C(=O)Nc1cccc2c(-c3cnn(C(=O)OC(C)(C)C)c3)c[nH]c12. The first-order valence-corrected chi connectivity index (χ1v) is 12.0. The van der Waals surface area contributed by atoms with Gasteiger partial charge in [-0.15, -0.1) is 0 Å². The van der Waals surface area contributed by atoms with E-state index in [2.05, 4.69) is 15.4 Å². The Hall–Kier alpha value is -3.82. The monoisotopic (exact) mass is 495 g/mol. The van der Waals surface area contributed by atoms with Gasteiger partial charge in [0, 0.05) is 35.5 Å². The maximum atomic E-state index is 13.2. The van der Waals surface area contributed by atoms with Gasteiger partial charge in [0.15, 0.2) is 0 Å². The molecule has 0 spiro atoms. The van der Waals surface area contributed by atoms with E-state index in [9.17, 15) is 14.4 Å². The molecule has 1 saturated heterocycles. The van der Waals surface area contributed by atoms with Crippen LogP contribution >= 0.6 is 0 Å². The number of carbonyl (C=O) groups is 3. The molecule has 1 aromatic carbocycles. The second-order valence-corrected chi connectivity index (χ2v) is 10.9. The summed E-state index contributed by atoms with van der Waals surface area (Å²) in [6.07, 6.45) is 5.26.